The lowest BCUT2D eigenvalue weighted by Gasteiger charge is -2.18. The lowest BCUT2D eigenvalue weighted by molar-refractivity contribution is -0.120. The van der Waals surface area contributed by atoms with E-state index in [1.54, 1.807) is 54.6 Å². The molecule has 0 aliphatic carbocycles. The fraction of sp³-hybridized carbons (Fsp3) is 0.308. The molecule has 3 atom stereocenters. The largest absolute Gasteiger partial charge is 0.508 e. The molecule has 2 amide bonds. The number of hydrogen-bond donors (Lipinski definition) is 8. The maximum Gasteiger partial charge on any atom is 0.252 e. The summed E-state index contributed by atoms with van der Waals surface area (Å²) in [5.41, 5.74) is 8.30. The van der Waals surface area contributed by atoms with Crippen LogP contribution in [0.25, 0.3) is 0 Å². The third-order valence-electron chi connectivity index (χ3n) is 7.78. The molecule has 4 aromatic rings. The second kappa shape index (κ2) is 21.6. The van der Waals surface area contributed by atoms with Crippen LogP contribution in [0.5, 0.6) is 17.2 Å². The van der Waals surface area contributed by atoms with Crippen molar-refractivity contribution in [3.05, 3.63) is 125 Å². The van der Waals surface area contributed by atoms with E-state index in [9.17, 15) is 30.0 Å². The molecular weight excluding hydrogens is 650 g/mol. The van der Waals surface area contributed by atoms with Gasteiger partial charge in [-0.25, -0.2) is 0 Å². The molecule has 0 spiro atoms. The van der Waals surface area contributed by atoms with E-state index in [4.69, 9.17) is 15.7 Å². The summed E-state index contributed by atoms with van der Waals surface area (Å²) in [5.74, 6) is -0.393. The molecule has 0 radical (unpaired) electrons. The molecule has 0 saturated carbocycles. The number of phenols is 2. The normalized spacial score (nSPS) is 12.4. The predicted octanol–water partition coefficient (Wildman–Crippen LogP) is 3.09. The molecule has 0 aliphatic heterocycles. The number of aliphatic hydroxyl groups is 2. The van der Waals surface area contributed by atoms with E-state index in [-0.39, 0.29) is 42.0 Å². The number of amides is 2. The number of primary amides is 1. The zero-order valence-corrected chi connectivity index (χ0v) is 28.7. The van der Waals surface area contributed by atoms with Crippen LogP contribution < -0.4 is 26.4 Å². The van der Waals surface area contributed by atoms with Gasteiger partial charge in [0, 0.05) is 32.2 Å². The number of aliphatic hydroxyl groups excluding tert-OH is 2. The van der Waals surface area contributed by atoms with Gasteiger partial charge < -0.3 is 46.8 Å². The van der Waals surface area contributed by atoms with Crippen molar-refractivity contribution in [3.63, 3.8) is 0 Å². The van der Waals surface area contributed by atoms with E-state index in [0.29, 0.717) is 43.1 Å². The van der Waals surface area contributed by atoms with Crippen LogP contribution in [0.2, 0.25) is 0 Å². The van der Waals surface area contributed by atoms with Crippen LogP contribution in [0.15, 0.2) is 97.1 Å². The number of aromatic hydroxyl groups is 2. The maximum atomic E-state index is 11.8. The second-order valence-corrected chi connectivity index (χ2v) is 12.0. The van der Waals surface area contributed by atoms with Crippen molar-refractivity contribution in [1.29, 1.82) is 5.26 Å². The maximum absolute atomic E-state index is 11.8. The molecule has 0 aliphatic rings. The van der Waals surface area contributed by atoms with Gasteiger partial charge in [-0.15, -0.1) is 0 Å². The topological polar surface area (TPSA) is 210 Å². The lowest BCUT2D eigenvalue weighted by Crippen LogP contribution is -2.37. The summed E-state index contributed by atoms with van der Waals surface area (Å²) >= 11 is 0. The van der Waals surface area contributed by atoms with Crippen molar-refractivity contribution in [2.75, 3.05) is 32.8 Å². The third-order valence-corrected chi connectivity index (χ3v) is 7.78. The number of nitrogens with one attached hydrogen (secondary N) is 3. The molecule has 270 valence electrons. The Labute approximate surface area is 298 Å². The van der Waals surface area contributed by atoms with Crippen molar-refractivity contribution >= 4 is 11.8 Å². The molecule has 4 rings (SSSR count). The molecule has 12 heteroatoms. The van der Waals surface area contributed by atoms with Crippen molar-refractivity contribution in [1.82, 2.24) is 16.0 Å². The first-order valence-corrected chi connectivity index (χ1v) is 16.7. The number of nitrogens with zero attached hydrogens (tertiary/aromatic N) is 1. The summed E-state index contributed by atoms with van der Waals surface area (Å²) in [4.78, 5) is 23.1. The summed E-state index contributed by atoms with van der Waals surface area (Å²) in [6.45, 7) is 3.75. The number of ether oxygens (including phenoxy) is 1. The van der Waals surface area contributed by atoms with Crippen molar-refractivity contribution in [3.8, 4) is 23.3 Å². The fourth-order valence-electron chi connectivity index (χ4n) is 4.87. The molecule has 0 saturated heterocycles. The van der Waals surface area contributed by atoms with Gasteiger partial charge in [0.25, 0.3) is 5.91 Å². The Morgan fingerprint density at radius 3 is 2.29 bits per heavy atom. The first-order chi connectivity index (χ1) is 24.5. The van der Waals surface area contributed by atoms with Gasteiger partial charge in [0.1, 0.15) is 36.0 Å². The highest BCUT2D eigenvalue weighted by Gasteiger charge is 2.14. The van der Waals surface area contributed by atoms with Gasteiger partial charge in [-0.2, -0.15) is 5.26 Å². The highest BCUT2D eigenvalue weighted by atomic mass is 16.5. The standard InChI is InChI=1S/C20H23N3O4.C19H24N2O3/c21-12-16-3-1-2-4-19(16)27-14-18(25)13-22-9-10-23-20(26)11-15-5-7-17(24)8-6-15;1-13(7-8-14-5-3-2-4-6-14)21-12-18(23)15-9-10-17(22)16(11-15)19(20)24/h1-8,18,22,24-25H,9-11,13-14H2,(H,23,26);2-6,9-11,13,18,21-23H,7-8,12H2,1H3,(H2,20,24)/t;13-,18+/m.1/s1. The van der Waals surface area contributed by atoms with Crippen LogP contribution >= 0.6 is 0 Å². The quantitative estimate of drug-likeness (QED) is 0.0713. The van der Waals surface area contributed by atoms with E-state index < -0.39 is 18.1 Å². The molecule has 1 unspecified atom stereocenters. The van der Waals surface area contributed by atoms with Crippen molar-refractivity contribution in [2.24, 2.45) is 5.73 Å². The first kappa shape index (κ1) is 40.0. The lowest BCUT2D eigenvalue weighted by atomic mass is 10.0. The zero-order valence-electron chi connectivity index (χ0n) is 28.7. The van der Waals surface area contributed by atoms with Crippen molar-refractivity contribution in [2.45, 2.75) is 44.4 Å². The Bertz CT molecular complexity index is 1700. The number of benzene rings is 4. The van der Waals surface area contributed by atoms with Crippen LogP contribution in [-0.2, 0) is 17.6 Å². The van der Waals surface area contributed by atoms with Gasteiger partial charge in [0.05, 0.1) is 23.7 Å². The van der Waals surface area contributed by atoms with Crippen LogP contribution in [0.3, 0.4) is 0 Å². The van der Waals surface area contributed by atoms with Crippen LogP contribution in [-0.4, -0.2) is 77.2 Å². The molecule has 12 nitrogen and oxygen atoms in total. The second-order valence-electron chi connectivity index (χ2n) is 12.0. The summed E-state index contributed by atoms with van der Waals surface area (Å²) in [6.07, 6.45) is 0.664. The van der Waals surface area contributed by atoms with Gasteiger partial charge in [-0.3, -0.25) is 9.59 Å². The van der Waals surface area contributed by atoms with Gasteiger partial charge in [-0.05, 0) is 72.9 Å². The van der Waals surface area contributed by atoms with E-state index in [2.05, 4.69) is 35.0 Å². The average molecular weight is 698 g/mol. The fourth-order valence-corrected chi connectivity index (χ4v) is 4.87. The minimum atomic E-state index is -0.775. The molecule has 0 aromatic heterocycles. The monoisotopic (exact) mass is 697 g/mol. The number of phenolic OH excluding ortho intramolecular Hbond substituents is 1. The highest BCUT2D eigenvalue weighted by molar-refractivity contribution is 5.95. The number of hydrogen-bond acceptors (Lipinski definition) is 10. The Kier molecular flexibility index (Phi) is 16.9. The third kappa shape index (κ3) is 14.9. The van der Waals surface area contributed by atoms with Gasteiger partial charge >= 0.3 is 0 Å². The molecule has 0 bridgehead atoms. The van der Waals surface area contributed by atoms with E-state index >= 15 is 0 Å². The minimum absolute atomic E-state index is 0.0173. The summed E-state index contributed by atoms with van der Waals surface area (Å²) < 4.78 is 5.46. The number of carbonyl (C=O) groups excluding carboxylic acids is 2. The summed E-state index contributed by atoms with van der Waals surface area (Å²) in [6, 6.07) is 30.3. The Hall–Kier alpha value is -5.45. The van der Waals surface area contributed by atoms with Crippen LogP contribution in [0.1, 0.15) is 52.1 Å². The van der Waals surface area contributed by atoms with Crippen molar-refractivity contribution < 1.29 is 34.8 Å². The molecule has 4 aromatic carbocycles. The summed E-state index contributed by atoms with van der Waals surface area (Å²) in [5, 5.41) is 57.1. The van der Waals surface area contributed by atoms with Gasteiger partial charge in [-0.1, -0.05) is 60.7 Å². The molecular formula is C39H47N5O7. The summed E-state index contributed by atoms with van der Waals surface area (Å²) in [7, 11) is 0. The van der Waals surface area contributed by atoms with Gasteiger partial charge in [0.15, 0.2) is 0 Å². The predicted molar refractivity (Wildman–Crippen MR) is 194 cm³/mol. The van der Waals surface area contributed by atoms with Crippen LogP contribution in [0.4, 0.5) is 0 Å². The molecule has 0 fully saturated rings. The van der Waals surface area contributed by atoms with E-state index in [0.717, 1.165) is 18.4 Å². The Morgan fingerprint density at radius 1 is 0.882 bits per heavy atom. The van der Waals surface area contributed by atoms with Crippen LogP contribution in [0, 0.1) is 11.3 Å². The molecule has 51 heavy (non-hydrogen) atoms. The SMILES string of the molecule is C[C@H](CCc1ccccc1)NC[C@H](O)c1ccc(O)c(C(N)=O)c1.N#Cc1ccccc1OCC(O)CNCCNC(=O)Cc1ccc(O)cc1. The number of nitrogens with two attached hydrogens (primary N) is 1. The number of aryl methyl sites for hydroxylation is 1. The number of carbonyl (C=O) groups is 2. The first-order valence-electron chi connectivity index (χ1n) is 16.7. The average Bonchev–Trinajstić information content (AvgIpc) is 3.13. The number of nitriles is 1. The zero-order chi connectivity index (χ0) is 37.0. The Morgan fingerprint density at radius 2 is 1.59 bits per heavy atom. The minimum Gasteiger partial charge on any atom is -0.508 e. The molecule has 9 N–H and O–H groups in total. The van der Waals surface area contributed by atoms with Gasteiger partial charge in [0.2, 0.25) is 5.91 Å². The smallest absolute Gasteiger partial charge is 0.252 e. The Balaban J connectivity index is 0.000000277. The van der Waals surface area contributed by atoms with E-state index in [1.807, 2.05) is 24.3 Å². The highest BCUT2D eigenvalue weighted by Crippen LogP contribution is 2.22. The van der Waals surface area contributed by atoms with E-state index in [1.165, 1.54) is 17.7 Å². The molecule has 0 heterocycles. The number of rotatable bonds is 18. The number of para-hydroxylation sites is 1.